The zero-order valence-corrected chi connectivity index (χ0v) is 13.4. The van der Waals surface area contributed by atoms with Crippen LogP contribution >= 0.6 is 15.9 Å². The number of aromatic hydroxyl groups is 1. The molecule has 0 spiro atoms. The Morgan fingerprint density at radius 1 is 1.10 bits per heavy atom. The number of ether oxygens (including phenoxy) is 2. The van der Waals surface area contributed by atoms with Crippen LogP contribution in [0.2, 0.25) is 0 Å². The number of phenols is 1. The van der Waals surface area contributed by atoms with E-state index in [1.54, 1.807) is 6.07 Å². The van der Waals surface area contributed by atoms with Crippen molar-refractivity contribution < 1.29 is 14.6 Å². The molecule has 2 aromatic rings. The number of hydrogen-bond acceptors (Lipinski definition) is 4. The molecule has 21 heavy (non-hydrogen) atoms. The Hall–Kier alpha value is -1.88. The van der Waals surface area contributed by atoms with Crippen molar-refractivity contribution >= 4 is 21.6 Å². The van der Waals surface area contributed by atoms with Crippen molar-refractivity contribution in [3.63, 3.8) is 0 Å². The molecular formula is C16H16BrNO3. The predicted molar refractivity (Wildman–Crippen MR) is 84.9 cm³/mol. The first-order chi connectivity index (χ1) is 9.93. The number of rotatable bonds is 3. The summed E-state index contributed by atoms with van der Waals surface area (Å²) in [7, 11) is 0. The second-order valence-corrected chi connectivity index (χ2v) is 6.31. The first-order valence-corrected chi connectivity index (χ1v) is 7.46. The molecule has 1 aliphatic heterocycles. The molecule has 0 unspecified atom stereocenters. The minimum absolute atomic E-state index is 0.271. The van der Waals surface area contributed by atoms with Gasteiger partial charge >= 0.3 is 0 Å². The molecule has 0 saturated carbocycles. The average molecular weight is 350 g/mol. The van der Waals surface area contributed by atoms with Crippen LogP contribution in [0.5, 0.6) is 17.2 Å². The summed E-state index contributed by atoms with van der Waals surface area (Å²) in [5.41, 5.74) is 1.73. The SMILES string of the molecule is CC1(C)Oc2ccc(NCc3cc(Br)ccc3O)cc2O1. The molecular weight excluding hydrogens is 334 g/mol. The first kappa shape index (κ1) is 14.1. The molecule has 1 heterocycles. The fraction of sp³-hybridized carbons (Fsp3) is 0.250. The number of anilines is 1. The molecule has 2 N–H and O–H groups in total. The Morgan fingerprint density at radius 3 is 2.67 bits per heavy atom. The fourth-order valence-corrected chi connectivity index (χ4v) is 2.63. The molecule has 0 bridgehead atoms. The molecule has 0 aromatic heterocycles. The van der Waals surface area contributed by atoms with Crippen LogP contribution in [0.25, 0.3) is 0 Å². The molecule has 0 aliphatic carbocycles. The third-order valence-corrected chi connectivity index (χ3v) is 3.67. The number of halogens is 1. The number of nitrogens with one attached hydrogen (secondary N) is 1. The summed E-state index contributed by atoms with van der Waals surface area (Å²) in [6, 6.07) is 11.1. The van der Waals surface area contributed by atoms with Gasteiger partial charge in [0.05, 0.1) is 0 Å². The summed E-state index contributed by atoms with van der Waals surface area (Å²) in [5, 5.41) is 13.1. The standard InChI is InChI=1S/C16H16BrNO3/c1-16(2)20-14-6-4-12(8-15(14)21-16)18-9-10-7-11(17)3-5-13(10)19/h3-8,18-19H,9H2,1-2H3. The minimum atomic E-state index is -0.622. The van der Waals surface area contributed by atoms with E-state index in [0.29, 0.717) is 6.54 Å². The Kier molecular flexibility index (Phi) is 3.45. The van der Waals surface area contributed by atoms with Crippen LogP contribution in [0, 0.1) is 0 Å². The summed E-state index contributed by atoms with van der Waals surface area (Å²) in [5.74, 6) is 1.12. The molecule has 0 fully saturated rings. The summed E-state index contributed by atoms with van der Waals surface area (Å²) in [4.78, 5) is 0. The molecule has 0 saturated heterocycles. The van der Waals surface area contributed by atoms with Crippen LogP contribution in [-0.4, -0.2) is 10.9 Å². The van der Waals surface area contributed by atoms with Gasteiger partial charge in [-0.15, -0.1) is 0 Å². The van der Waals surface area contributed by atoms with Gasteiger partial charge in [-0.2, -0.15) is 0 Å². The van der Waals surface area contributed by atoms with Crippen molar-refractivity contribution in [1.82, 2.24) is 0 Å². The molecule has 110 valence electrons. The van der Waals surface area contributed by atoms with E-state index in [0.717, 1.165) is 27.2 Å². The number of benzene rings is 2. The first-order valence-electron chi connectivity index (χ1n) is 6.66. The normalized spacial score (nSPS) is 15.0. The van der Waals surface area contributed by atoms with Gasteiger partial charge in [-0.3, -0.25) is 0 Å². The van der Waals surface area contributed by atoms with Crippen molar-refractivity contribution in [2.75, 3.05) is 5.32 Å². The predicted octanol–water partition coefficient (Wildman–Crippen LogP) is 4.27. The van der Waals surface area contributed by atoms with E-state index in [2.05, 4.69) is 21.2 Å². The summed E-state index contributed by atoms with van der Waals surface area (Å²) < 4.78 is 12.3. The highest BCUT2D eigenvalue weighted by Gasteiger charge is 2.31. The zero-order chi connectivity index (χ0) is 15.0. The minimum Gasteiger partial charge on any atom is -0.508 e. The molecule has 0 amide bonds. The molecule has 1 aliphatic rings. The molecule has 0 radical (unpaired) electrons. The third-order valence-electron chi connectivity index (χ3n) is 3.18. The lowest BCUT2D eigenvalue weighted by atomic mass is 10.2. The highest BCUT2D eigenvalue weighted by Crippen LogP contribution is 2.40. The van der Waals surface area contributed by atoms with Crippen molar-refractivity contribution in [3.05, 3.63) is 46.4 Å². The lowest BCUT2D eigenvalue weighted by Crippen LogP contribution is -2.29. The molecule has 4 nitrogen and oxygen atoms in total. The van der Waals surface area contributed by atoms with E-state index in [1.165, 1.54) is 0 Å². The Bertz CT molecular complexity index is 685. The summed E-state index contributed by atoms with van der Waals surface area (Å²) >= 11 is 3.40. The van der Waals surface area contributed by atoms with Crippen molar-refractivity contribution in [2.24, 2.45) is 0 Å². The Labute approximate surface area is 131 Å². The molecule has 2 aromatic carbocycles. The maximum atomic E-state index is 9.83. The molecule has 0 atom stereocenters. The smallest absolute Gasteiger partial charge is 0.246 e. The third kappa shape index (κ3) is 3.08. The largest absolute Gasteiger partial charge is 0.508 e. The second-order valence-electron chi connectivity index (χ2n) is 5.39. The van der Waals surface area contributed by atoms with Crippen LogP contribution in [-0.2, 0) is 6.54 Å². The van der Waals surface area contributed by atoms with Crippen LogP contribution in [0.15, 0.2) is 40.9 Å². The topological polar surface area (TPSA) is 50.7 Å². The van der Waals surface area contributed by atoms with E-state index in [9.17, 15) is 5.11 Å². The monoisotopic (exact) mass is 349 g/mol. The molecule has 5 heteroatoms. The van der Waals surface area contributed by atoms with Gasteiger partial charge < -0.3 is 19.9 Å². The highest BCUT2D eigenvalue weighted by molar-refractivity contribution is 9.10. The van der Waals surface area contributed by atoms with E-state index < -0.39 is 5.79 Å². The van der Waals surface area contributed by atoms with E-state index >= 15 is 0 Å². The van der Waals surface area contributed by atoms with Crippen molar-refractivity contribution in [3.8, 4) is 17.2 Å². The number of fused-ring (bicyclic) bond motifs is 1. The van der Waals surface area contributed by atoms with Crippen molar-refractivity contribution in [2.45, 2.75) is 26.2 Å². The fourth-order valence-electron chi connectivity index (χ4n) is 2.23. The number of hydrogen-bond donors (Lipinski definition) is 2. The summed E-state index contributed by atoms with van der Waals surface area (Å²) in [6.45, 7) is 4.27. The Balaban J connectivity index is 1.74. The lowest BCUT2D eigenvalue weighted by molar-refractivity contribution is -0.0431. The average Bonchev–Trinajstić information content (AvgIpc) is 2.72. The molecule has 3 rings (SSSR count). The summed E-state index contributed by atoms with van der Waals surface area (Å²) in [6.07, 6.45) is 0. The van der Waals surface area contributed by atoms with Gasteiger partial charge in [0.25, 0.3) is 0 Å². The van der Waals surface area contributed by atoms with Gasteiger partial charge in [0, 0.05) is 42.2 Å². The van der Waals surface area contributed by atoms with Gasteiger partial charge in [0.1, 0.15) is 5.75 Å². The van der Waals surface area contributed by atoms with E-state index in [1.807, 2.05) is 44.2 Å². The van der Waals surface area contributed by atoms with Gasteiger partial charge in [-0.1, -0.05) is 15.9 Å². The van der Waals surface area contributed by atoms with Gasteiger partial charge in [0.15, 0.2) is 11.5 Å². The number of phenolic OH excluding ortho intramolecular Hbond substituents is 1. The maximum absolute atomic E-state index is 9.83. The van der Waals surface area contributed by atoms with Crippen molar-refractivity contribution in [1.29, 1.82) is 0 Å². The Morgan fingerprint density at radius 2 is 1.86 bits per heavy atom. The van der Waals surface area contributed by atoms with Gasteiger partial charge in [0.2, 0.25) is 5.79 Å². The van der Waals surface area contributed by atoms with E-state index in [-0.39, 0.29) is 5.75 Å². The zero-order valence-electron chi connectivity index (χ0n) is 11.8. The lowest BCUT2D eigenvalue weighted by Gasteiger charge is -2.16. The van der Waals surface area contributed by atoms with Crippen LogP contribution in [0.4, 0.5) is 5.69 Å². The van der Waals surface area contributed by atoms with Gasteiger partial charge in [-0.25, -0.2) is 0 Å². The highest BCUT2D eigenvalue weighted by atomic mass is 79.9. The maximum Gasteiger partial charge on any atom is 0.246 e. The van der Waals surface area contributed by atoms with E-state index in [4.69, 9.17) is 9.47 Å². The van der Waals surface area contributed by atoms with Crippen LogP contribution in [0.1, 0.15) is 19.4 Å². The van der Waals surface area contributed by atoms with Gasteiger partial charge in [-0.05, 0) is 30.3 Å². The van der Waals surface area contributed by atoms with Crippen LogP contribution in [0.3, 0.4) is 0 Å². The quantitative estimate of drug-likeness (QED) is 0.868. The van der Waals surface area contributed by atoms with Crippen LogP contribution < -0.4 is 14.8 Å². The second kappa shape index (κ2) is 5.15.